The first kappa shape index (κ1) is 23.7. The van der Waals surface area contributed by atoms with Crippen molar-refractivity contribution >= 4 is 39.2 Å². The molecule has 0 saturated heterocycles. The molecule has 169 valence electrons. The number of nitrogens with zero attached hydrogens (tertiary/aromatic N) is 4. The van der Waals surface area contributed by atoms with E-state index in [0.717, 1.165) is 11.4 Å². The minimum Gasteiger partial charge on any atom is -0.506 e. The quantitative estimate of drug-likeness (QED) is 0.178. The first-order valence-electron chi connectivity index (χ1n) is 9.96. The number of benzene rings is 4. The Morgan fingerprint density at radius 3 is 2.12 bits per heavy atom. The Bertz CT molecular complexity index is 1330. The fraction of sp³-hybridized carbons (Fsp3) is 0.0833. The molecule has 0 unspecified atom stereocenters. The zero-order valence-electron chi connectivity index (χ0n) is 17.5. The number of hydrogen-bond donors (Lipinski definition) is 2. The molecule has 0 aromatic heterocycles. The summed E-state index contributed by atoms with van der Waals surface area (Å²) in [5, 5.41) is 41.1. The fourth-order valence-corrected chi connectivity index (χ4v) is 3.55. The molecule has 0 aliphatic rings. The number of phenolic OH excluding ortho intramolecular Hbond substituents is 2. The van der Waals surface area contributed by atoms with Gasteiger partial charge in [0, 0.05) is 52.2 Å². The van der Waals surface area contributed by atoms with Crippen molar-refractivity contribution in [2.24, 2.45) is 10.2 Å². The number of azo groups is 1. The molecule has 0 fully saturated rings. The Kier molecular flexibility index (Phi) is 7.26. The van der Waals surface area contributed by atoms with E-state index in [-0.39, 0.29) is 45.3 Å². The topological polar surface area (TPSA) is 112 Å². The maximum atomic E-state index is 11.5. The number of aromatic hydroxyl groups is 2. The molecule has 2 N–H and O–H groups in total. The number of rotatable bonds is 6. The second kappa shape index (κ2) is 10.1. The Labute approximate surface area is 200 Å². The van der Waals surface area contributed by atoms with Crippen LogP contribution >= 0.6 is 0 Å². The van der Waals surface area contributed by atoms with Crippen molar-refractivity contribution in [3.05, 3.63) is 89.0 Å². The van der Waals surface area contributed by atoms with Crippen LogP contribution in [0.4, 0.5) is 28.4 Å². The van der Waals surface area contributed by atoms with Gasteiger partial charge >= 0.3 is 0 Å². The van der Waals surface area contributed by atoms with Crippen molar-refractivity contribution in [1.82, 2.24) is 0 Å². The van der Waals surface area contributed by atoms with E-state index in [2.05, 4.69) is 10.2 Å². The van der Waals surface area contributed by atoms with Crippen LogP contribution in [-0.2, 0) is 16.8 Å². The molecule has 4 aromatic rings. The second-order valence-corrected chi connectivity index (χ2v) is 7.02. The van der Waals surface area contributed by atoms with E-state index < -0.39 is 4.92 Å². The Morgan fingerprint density at radius 2 is 1.48 bits per heavy atom. The molecule has 0 spiro atoms. The molecule has 4 aromatic carbocycles. The minimum atomic E-state index is -0.532. The van der Waals surface area contributed by atoms with Gasteiger partial charge in [-0.2, -0.15) is 0 Å². The molecule has 8 nitrogen and oxygen atoms in total. The molecule has 0 bridgehead atoms. The maximum Gasteiger partial charge on any atom is 0.279 e. The van der Waals surface area contributed by atoms with Gasteiger partial charge in [-0.15, -0.1) is 10.2 Å². The van der Waals surface area contributed by atoms with Gasteiger partial charge in [0.15, 0.2) is 5.75 Å². The van der Waals surface area contributed by atoms with Crippen molar-refractivity contribution in [3.63, 3.8) is 0 Å². The number of non-ortho nitro benzene ring substituents is 1. The number of phenols is 2. The molecule has 0 saturated carbocycles. The summed E-state index contributed by atoms with van der Waals surface area (Å²) in [7, 11) is 0. The van der Waals surface area contributed by atoms with E-state index in [0.29, 0.717) is 17.3 Å². The third kappa shape index (κ3) is 4.79. The van der Waals surface area contributed by atoms with E-state index in [4.69, 9.17) is 0 Å². The summed E-state index contributed by atoms with van der Waals surface area (Å²) in [6.45, 7) is 2.70. The molecule has 0 amide bonds. The number of hydrogen-bond acceptors (Lipinski definition) is 7. The van der Waals surface area contributed by atoms with Gasteiger partial charge in [-0.25, -0.2) is 0 Å². The van der Waals surface area contributed by atoms with Crippen LogP contribution in [0.3, 0.4) is 0 Å². The summed E-state index contributed by atoms with van der Waals surface area (Å²) in [6.07, 6.45) is 0. The zero-order chi connectivity index (χ0) is 22.7. The number of anilines is 2. The van der Waals surface area contributed by atoms with Crippen LogP contribution in [0.1, 0.15) is 6.92 Å². The third-order valence-electron chi connectivity index (χ3n) is 5.09. The van der Waals surface area contributed by atoms with Crippen molar-refractivity contribution in [2.75, 3.05) is 11.4 Å². The molecule has 0 heterocycles. The SMILES string of the molecule is CCN(c1ccccc1)c1ccc(N=Nc2cc([N+](=O)[O-])c3ccccc3c2O)c(O)c1.[Co]. The molecule has 1 radical (unpaired) electrons. The van der Waals surface area contributed by atoms with Crippen LogP contribution in [0.15, 0.2) is 89.1 Å². The summed E-state index contributed by atoms with van der Waals surface area (Å²) >= 11 is 0. The molecular formula is C24H20CoN4O4. The predicted molar refractivity (Wildman–Crippen MR) is 124 cm³/mol. The molecule has 33 heavy (non-hydrogen) atoms. The van der Waals surface area contributed by atoms with Gasteiger partial charge in [-0.05, 0) is 37.3 Å². The molecule has 4 rings (SSSR count). The summed E-state index contributed by atoms with van der Waals surface area (Å²) in [4.78, 5) is 13.0. The summed E-state index contributed by atoms with van der Waals surface area (Å²) in [5.41, 5.74) is 1.69. The van der Waals surface area contributed by atoms with Crippen LogP contribution in [-0.4, -0.2) is 21.7 Å². The van der Waals surface area contributed by atoms with Crippen molar-refractivity contribution in [2.45, 2.75) is 6.92 Å². The van der Waals surface area contributed by atoms with Crippen molar-refractivity contribution in [1.29, 1.82) is 0 Å². The summed E-state index contributed by atoms with van der Waals surface area (Å²) in [6, 6.07) is 22.4. The average Bonchev–Trinajstić information content (AvgIpc) is 2.81. The van der Waals surface area contributed by atoms with E-state index in [1.807, 2.05) is 42.2 Å². The molecule has 0 atom stereocenters. The first-order chi connectivity index (χ1) is 15.5. The van der Waals surface area contributed by atoms with Gasteiger partial charge in [0.25, 0.3) is 5.69 Å². The molecular weight excluding hydrogens is 467 g/mol. The van der Waals surface area contributed by atoms with Gasteiger partial charge in [0.1, 0.15) is 17.1 Å². The van der Waals surface area contributed by atoms with Crippen LogP contribution in [0.5, 0.6) is 11.5 Å². The van der Waals surface area contributed by atoms with E-state index in [1.165, 1.54) is 6.07 Å². The van der Waals surface area contributed by atoms with Gasteiger partial charge < -0.3 is 15.1 Å². The van der Waals surface area contributed by atoms with E-state index >= 15 is 0 Å². The Balaban J connectivity index is 0.00000306. The van der Waals surface area contributed by atoms with Gasteiger partial charge in [-0.3, -0.25) is 10.1 Å². The largest absolute Gasteiger partial charge is 0.506 e. The van der Waals surface area contributed by atoms with Crippen molar-refractivity contribution in [3.8, 4) is 11.5 Å². The van der Waals surface area contributed by atoms with Crippen LogP contribution in [0.2, 0.25) is 0 Å². The van der Waals surface area contributed by atoms with Gasteiger partial charge in [-0.1, -0.05) is 36.4 Å². The number of fused-ring (bicyclic) bond motifs is 1. The first-order valence-corrected chi connectivity index (χ1v) is 9.96. The molecule has 0 aliphatic carbocycles. The maximum absolute atomic E-state index is 11.5. The van der Waals surface area contributed by atoms with Crippen molar-refractivity contribution < 1.29 is 31.9 Å². The normalized spacial score (nSPS) is 10.8. The molecule has 0 aliphatic heterocycles. The van der Waals surface area contributed by atoms with Gasteiger partial charge in [0.05, 0.1) is 10.3 Å². The monoisotopic (exact) mass is 487 g/mol. The van der Waals surface area contributed by atoms with E-state index in [9.17, 15) is 20.3 Å². The number of para-hydroxylation sites is 1. The van der Waals surface area contributed by atoms with Crippen LogP contribution in [0.25, 0.3) is 10.8 Å². The fourth-order valence-electron chi connectivity index (χ4n) is 3.55. The van der Waals surface area contributed by atoms with Gasteiger partial charge in [0.2, 0.25) is 0 Å². The third-order valence-corrected chi connectivity index (χ3v) is 5.09. The minimum absolute atomic E-state index is 0. The number of nitro groups is 1. The Hall–Kier alpha value is -3.95. The molecule has 9 heteroatoms. The standard InChI is InChI=1S/C24H20N4O4.Co/c1-2-27(16-8-4-3-5-9-16)17-12-13-20(23(29)14-17)25-26-21-15-22(28(31)32)18-10-6-7-11-19(18)24(21)30;/h3-15,29-30H,2H2,1H3;. The van der Waals surface area contributed by atoms with Crippen LogP contribution in [0, 0.1) is 10.1 Å². The Morgan fingerprint density at radius 1 is 0.848 bits per heavy atom. The second-order valence-electron chi connectivity index (χ2n) is 7.02. The average molecular weight is 487 g/mol. The summed E-state index contributed by atoms with van der Waals surface area (Å²) < 4.78 is 0. The number of nitro benzene ring substituents is 1. The smallest absolute Gasteiger partial charge is 0.279 e. The van der Waals surface area contributed by atoms with Crippen LogP contribution < -0.4 is 4.90 Å². The predicted octanol–water partition coefficient (Wildman–Crippen LogP) is 6.73. The van der Waals surface area contributed by atoms with E-state index in [1.54, 1.807) is 42.5 Å². The summed E-state index contributed by atoms with van der Waals surface area (Å²) in [5.74, 6) is -0.317. The zero-order valence-corrected chi connectivity index (χ0v) is 18.6.